The van der Waals surface area contributed by atoms with Crippen LogP contribution in [0.25, 0.3) is 83.9 Å². The van der Waals surface area contributed by atoms with Crippen molar-refractivity contribution in [3.63, 3.8) is 0 Å². The molecule has 5 heterocycles. The molecular formula is C61H55N3O+2. The molecule has 7 aromatic carbocycles. The summed E-state index contributed by atoms with van der Waals surface area (Å²) >= 11 is 0. The Balaban J connectivity index is 1.17. The number of nitrogens with zero attached hydrogens (tertiary/aromatic N) is 3. The second kappa shape index (κ2) is 13.5. The van der Waals surface area contributed by atoms with E-state index in [1.807, 2.05) is 0 Å². The van der Waals surface area contributed by atoms with Crippen molar-refractivity contribution in [1.29, 1.82) is 0 Å². The number of para-hydroxylation sites is 2. The number of hydrogen-bond acceptors (Lipinski definition) is 1. The summed E-state index contributed by atoms with van der Waals surface area (Å²) in [6, 6.07) is 61.1. The zero-order valence-electron chi connectivity index (χ0n) is 38.9. The van der Waals surface area contributed by atoms with Gasteiger partial charge < -0.3 is 4.74 Å². The fourth-order valence-electron chi connectivity index (χ4n) is 10.7. The maximum Gasteiger partial charge on any atom is 0.499 e. The molecule has 0 radical (unpaired) electrons. The van der Waals surface area contributed by atoms with Gasteiger partial charge in [0.2, 0.25) is 5.69 Å². The van der Waals surface area contributed by atoms with Crippen molar-refractivity contribution in [1.82, 2.24) is 4.57 Å². The number of rotatable bonds is 4. The molecule has 4 nitrogen and oxygen atoms in total. The van der Waals surface area contributed by atoms with Crippen LogP contribution in [0.3, 0.4) is 0 Å². The van der Waals surface area contributed by atoms with Crippen LogP contribution in [0.5, 0.6) is 5.75 Å². The molecular weight excluding hydrogens is 791 g/mol. The largest absolute Gasteiger partial charge is 0.499 e. The van der Waals surface area contributed by atoms with Gasteiger partial charge in [-0.15, -0.1) is 9.13 Å². The Hall–Kier alpha value is -7.04. The lowest BCUT2D eigenvalue weighted by Crippen LogP contribution is -2.78. The average molecular weight is 846 g/mol. The highest BCUT2D eigenvalue weighted by atomic mass is 16.5. The molecule has 65 heavy (non-hydrogen) atoms. The smallest absolute Gasteiger partial charge is 0.392 e. The van der Waals surface area contributed by atoms with Gasteiger partial charge in [-0.1, -0.05) is 165 Å². The zero-order chi connectivity index (χ0) is 44.8. The molecule has 0 bridgehead atoms. The van der Waals surface area contributed by atoms with Crippen LogP contribution in [-0.2, 0) is 22.1 Å². The van der Waals surface area contributed by atoms with E-state index < -0.39 is 5.85 Å². The summed E-state index contributed by atoms with van der Waals surface area (Å²) in [6.07, 6.45) is 2.28. The summed E-state index contributed by atoms with van der Waals surface area (Å²) in [5.74, 6) is 0.927. The Morgan fingerprint density at radius 2 is 1.03 bits per heavy atom. The molecule has 0 amide bonds. The number of ether oxygens (including phenoxy) is 1. The molecule has 1 spiro atoms. The first-order valence-corrected chi connectivity index (χ1v) is 23.2. The summed E-state index contributed by atoms with van der Waals surface area (Å²) in [5, 5.41) is 0. The van der Waals surface area contributed by atoms with Crippen LogP contribution in [0, 0.1) is 0 Å². The van der Waals surface area contributed by atoms with Gasteiger partial charge in [-0.3, -0.25) is 0 Å². The minimum atomic E-state index is -1.03. The molecule has 0 saturated carbocycles. The van der Waals surface area contributed by atoms with Crippen molar-refractivity contribution in [2.24, 2.45) is 0 Å². The van der Waals surface area contributed by atoms with Gasteiger partial charge in [0.05, 0.1) is 5.56 Å². The van der Waals surface area contributed by atoms with Gasteiger partial charge in [0.25, 0.3) is 0 Å². The standard InChI is InChI=1S/C61H55N3O/c1-58(2,3)43-28-26-41(27-29-43)48-35-44(59(4,5)6)30-31-51(48)63-52-20-15-19-46-49-36-45(60(7,8)9)37-50-53-34-42(40-24-22-39(23-25-40)38-16-11-10-12-17-38)32-33-62(53)61(55(49)50)64(56(46)52)57(63)47-18-13-14-21-54(47)65-61/h10-37H,1-9H3/q+2. The molecule has 0 saturated heterocycles. The van der Waals surface area contributed by atoms with Crippen LogP contribution >= 0.6 is 0 Å². The van der Waals surface area contributed by atoms with E-state index in [0.29, 0.717) is 0 Å². The first kappa shape index (κ1) is 39.5. The lowest BCUT2D eigenvalue weighted by molar-refractivity contribution is -0.997. The molecule has 0 aliphatic carbocycles. The summed E-state index contributed by atoms with van der Waals surface area (Å²) in [6.45, 7) is 20.8. The van der Waals surface area contributed by atoms with E-state index in [4.69, 9.17) is 4.74 Å². The molecule has 2 aromatic heterocycles. The van der Waals surface area contributed by atoms with E-state index in [2.05, 4.69) is 246 Å². The molecule has 4 heteroatoms. The predicted octanol–water partition coefficient (Wildman–Crippen LogP) is 14.3. The Morgan fingerprint density at radius 3 is 1.74 bits per heavy atom. The summed E-state index contributed by atoms with van der Waals surface area (Å²) in [7, 11) is 0. The van der Waals surface area contributed by atoms with Gasteiger partial charge in [-0.05, 0) is 109 Å². The van der Waals surface area contributed by atoms with Crippen LogP contribution in [0.2, 0.25) is 0 Å². The van der Waals surface area contributed by atoms with E-state index in [0.717, 1.165) is 39.6 Å². The number of hydrogen-bond donors (Lipinski definition) is 0. The molecule has 3 aliphatic rings. The number of benzene rings is 7. The summed E-state index contributed by atoms with van der Waals surface area (Å²) in [5.41, 5.74) is 21.5. The highest BCUT2D eigenvalue weighted by molar-refractivity contribution is 5.98. The fraction of sp³-hybridized carbons (Fsp3) is 0.213. The highest BCUT2D eigenvalue weighted by Crippen LogP contribution is 2.54. The Labute approximate surface area is 383 Å². The minimum Gasteiger partial charge on any atom is -0.392 e. The van der Waals surface area contributed by atoms with Crippen molar-refractivity contribution >= 4 is 11.0 Å². The number of aromatic nitrogens is 3. The van der Waals surface area contributed by atoms with E-state index in [1.165, 1.54) is 72.3 Å². The predicted molar refractivity (Wildman–Crippen MR) is 265 cm³/mol. The number of pyridine rings is 1. The van der Waals surface area contributed by atoms with Gasteiger partial charge in [0, 0.05) is 28.8 Å². The van der Waals surface area contributed by atoms with Crippen molar-refractivity contribution in [2.75, 3.05) is 0 Å². The van der Waals surface area contributed by atoms with Gasteiger partial charge in [-0.2, -0.15) is 4.57 Å². The maximum absolute atomic E-state index is 7.72. The lowest BCUT2D eigenvalue weighted by Gasteiger charge is -2.33. The van der Waals surface area contributed by atoms with Crippen LogP contribution in [0.15, 0.2) is 170 Å². The van der Waals surface area contributed by atoms with E-state index in [1.54, 1.807) is 0 Å². The van der Waals surface area contributed by atoms with E-state index >= 15 is 0 Å². The van der Waals surface area contributed by atoms with Crippen LogP contribution < -0.4 is 13.9 Å². The van der Waals surface area contributed by atoms with Gasteiger partial charge in [0.15, 0.2) is 17.2 Å². The second-order valence-corrected chi connectivity index (χ2v) is 21.5. The fourth-order valence-corrected chi connectivity index (χ4v) is 10.7. The molecule has 9 aromatic rings. The monoisotopic (exact) mass is 845 g/mol. The molecule has 0 fully saturated rings. The SMILES string of the molecule is CC(C)(C)c1ccc(-c2cc(C(C)(C)C)ccc2-n2c3[n+]4c5c(cccc52)-c2cc(C(C)(C)C)cc5c2C4(Oc2ccccc2-3)[n+]2ccc(-c3ccc(-c4ccccc4)cc3)cc2-5)cc1. The van der Waals surface area contributed by atoms with Crippen LogP contribution in [-0.4, -0.2) is 4.57 Å². The average Bonchev–Trinajstić information content (AvgIpc) is 3.79. The topological polar surface area (TPSA) is 21.9 Å². The Bertz CT molecular complexity index is 3430. The van der Waals surface area contributed by atoms with E-state index in [9.17, 15) is 0 Å². The van der Waals surface area contributed by atoms with Crippen molar-refractivity contribution < 1.29 is 13.9 Å². The third kappa shape index (κ3) is 5.75. The van der Waals surface area contributed by atoms with Gasteiger partial charge in [0.1, 0.15) is 22.6 Å². The quantitative estimate of drug-likeness (QED) is 0.162. The van der Waals surface area contributed by atoms with Crippen molar-refractivity contribution in [3.05, 3.63) is 192 Å². The third-order valence-corrected chi connectivity index (χ3v) is 14.3. The molecule has 1 unspecified atom stereocenters. The first-order chi connectivity index (χ1) is 31.1. The molecule has 12 rings (SSSR count). The van der Waals surface area contributed by atoms with Crippen molar-refractivity contribution in [3.8, 4) is 78.6 Å². The molecule has 3 aliphatic heterocycles. The Kier molecular flexibility index (Phi) is 8.21. The molecule has 318 valence electrons. The highest BCUT2D eigenvalue weighted by Gasteiger charge is 2.68. The van der Waals surface area contributed by atoms with E-state index in [-0.39, 0.29) is 16.2 Å². The van der Waals surface area contributed by atoms with Crippen LogP contribution in [0.1, 0.15) is 84.6 Å². The summed E-state index contributed by atoms with van der Waals surface area (Å²) < 4.78 is 15.2. The second-order valence-electron chi connectivity index (χ2n) is 21.5. The maximum atomic E-state index is 7.72. The minimum absolute atomic E-state index is 0.0397. The molecule has 0 N–H and O–H groups in total. The van der Waals surface area contributed by atoms with Crippen LogP contribution in [0.4, 0.5) is 0 Å². The molecule has 1 atom stereocenters. The first-order valence-electron chi connectivity index (χ1n) is 23.2. The van der Waals surface area contributed by atoms with Gasteiger partial charge >= 0.3 is 11.7 Å². The third-order valence-electron chi connectivity index (χ3n) is 14.3. The van der Waals surface area contributed by atoms with Crippen molar-refractivity contribution in [2.45, 2.75) is 84.4 Å². The summed E-state index contributed by atoms with van der Waals surface area (Å²) in [4.78, 5) is 0. The van der Waals surface area contributed by atoms with Gasteiger partial charge in [-0.25, -0.2) is 0 Å². The number of imidazole rings is 1. The lowest BCUT2D eigenvalue weighted by atomic mass is 9.80. The Morgan fingerprint density at radius 1 is 0.446 bits per heavy atom. The normalized spacial score (nSPS) is 15.6. The zero-order valence-corrected chi connectivity index (χ0v) is 38.9. The number of fused-ring (bicyclic) bond motifs is 5.